The zero-order chi connectivity index (χ0) is 14.9. The molecule has 1 aliphatic heterocycles. The van der Waals surface area contributed by atoms with Crippen LogP contribution in [-0.2, 0) is 4.74 Å². The van der Waals surface area contributed by atoms with Crippen LogP contribution in [0.3, 0.4) is 0 Å². The first-order valence-corrected chi connectivity index (χ1v) is 9.05. The third-order valence-electron chi connectivity index (χ3n) is 6.02. The third-order valence-corrected chi connectivity index (χ3v) is 6.02. The average molecular weight is 294 g/mol. The van der Waals surface area contributed by atoms with E-state index in [2.05, 4.69) is 31.0 Å². The van der Waals surface area contributed by atoms with E-state index >= 15 is 0 Å². The van der Waals surface area contributed by atoms with Gasteiger partial charge in [0.1, 0.15) is 0 Å². The molecule has 0 spiro atoms. The van der Waals surface area contributed by atoms with Crippen LogP contribution in [0.1, 0.15) is 59.3 Å². The number of ether oxygens (including phenoxy) is 1. The molecule has 1 saturated heterocycles. The van der Waals surface area contributed by atoms with Crippen molar-refractivity contribution in [2.75, 3.05) is 32.8 Å². The van der Waals surface area contributed by atoms with Crippen LogP contribution >= 0.6 is 0 Å². The van der Waals surface area contributed by atoms with Gasteiger partial charge in [-0.25, -0.2) is 0 Å². The van der Waals surface area contributed by atoms with E-state index < -0.39 is 0 Å². The minimum atomic E-state index is 0.202. The zero-order valence-corrected chi connectivity index (χ0v) is 14.3. The summed E-state index contributed by atoms with van der Waals surface area (Å²) < 4.78 is 5.71. The molecule has 3 rings (SSSR count). The number of nitrogens with one attached hydrogen (secondary N) is 1. The predicted molar refractivity (Wildman–Crippen MR) is 87.6 cm³/mol. The molecular weight excluding hydrogens is 260 g/mol. The van der Waals surface area contributed by atoms with Gasteiger partial charge in [0.15, 0.2) is 0 Å². The summed E-state index contributed by atoms with van der Waals surface area (Å²) in [4.78, 5) is 2.71. The molecule has 0 aromatic carbocycles. The zero-order valence-electron chi connectivity index (χ0n) is 14.3. The minimum absolute atomic E-state index is 0.202. The van der Waals surface area contributed by atoms with E-state index in [1.165, 1.54) is 51.6 Å². The topological polar surface area (TPSA) is 24.5 Å². The van der Waals surface area contributed by atoms with Crippen molar-refractivity contribution in [3.8, 4) is 0 Å². The standard InChI is InChI=1S/C18H34N2O/c1-15-6-8-18(9-7-15,12-19-16-4-5-16)13-20-10-11-21-14-17(20,2)3/h15-16,19H,4-14H2,1-3H3. The van der Waals surface area contributed by atoms with Crippen molar-refractivity contribution >= 4 is 0 Å². The van der Waals surface area contributed by atoms with E-state index in [1.807, 2.05) is 0 Å². The van der Waals surface area contributed by atoms with Gasteiger partial charge in [-0.05, 0) is 50.9 Å². The summed E-state index contributed by atoms with van der Waals surface area (Å²) in [5.41, 5.74) is 0.706. The first-order chi connectivity index (χ1) is 9.99. The summed E-state index contributed by atoms with van der Waals surface area (Å²) in [7, 11) is 0. The molecule has 3 nitrogen and oxygen atoms in total. The number of hydrogen-bond acceptors (Lipinski definition) is 3. The molecule has 0 bridgehead atoms. The van der Waals surface area contributed by atoms with E-state index in [9.17, 15) is 0 Å². The normalized spacial score (nSPS) is 37.6. The van der Waals surface area contributed by atoms with Crippen molar-refractivity contribution < 1.29 is 4.74 Å². The van der Waals surface area contributed by atoms with Crippen LogP contribution in [0.15, 0.2) is 0 Å². The van der Waals surface area contributed by atoms with Gasteiger partial charge < -0.3 is 10.1 Å². The smallest absolute Gasteiger partial charge is 0.0645 e. The van der Waals surface area contributed by atoms with Crippen molar-refractivity contribution in [3.05, 3.63) is 0 Å². The Bertz CT molecular complexity index is 343. The fourth-order valence-corrected chi connectivity index (χ4v) is 4.00. The molecule has 0 atom stereocenters. The van der Waals surface area contributed by atoms with Crippen LogP contribution in [0.4, 0.5) is 0 Å². The van der Waals surface area contributed by atoms with Gasteiger partial charge in [-0.2, -0.15) is 0 Å². The number of hydrogen-bond donors (Lipinski definition) is 1. The van der Waals surface area contributed by atoms with Crippen molar-refractivity contribution in [1.29, 1.82) is 0 Å². The minimum Gasteiger partial charge on any atom is -0.378 e. The Labute approximate surface area is 130 Å². The number of nitrogens with zero attached hydrogens (tertiary/aromatic N) is 1. The molecule has 1 N–H and O–H groups in total. The first-order valence-electron chi connectivity index (χ1n) is 9.05. The van der Waals surface area contributed by atoms with Gasteiger partial charge in [-0.15, -0.1) is 0 Å². The Hall–Kier alpha value is -0.120. The molecule has 21 heavy (non-hydrogen) atoms. The molecule has 1 heterocycles. The van der Waals surface area contributed by atoms with E-state index in [0.717, 1.165) is 31.7 Å². The van der Waals surface area contributed by atoms with Crippen LogP contribution in [-0.4, -0.2) is 49.3 Å². The second kappa shape index (κ2) is 6.17. The van der Waals surface area contributed by atoms with E-state index in [0.29, 0.717) is 5.41 Å². The Morgan fingerprint density at radius 1 is 1.14 bits per heavy atom. The van der Waals surface area contributed by atoms with Crippen LogP contribution < -0.4 is 5.32 Å². The molecule has 0 aromatic heterocycles. The van der Waals surface area contributed by atoms with Gasteiger partial charge in [-0.3, -0.25) is 4.90 Å². The Kier molecular flexibility index (Phi) is 4.63. The van der Waals surface area contributed by atoms with Gasteiger partial charge in [0.05, 0.1) is 13.2 Å². The Morgan fingerprint density at radius 3 is 2.48 bits per heavy atom. The fourth-order valence-electron chi connectivity index (χ4n) is 4.00. The monoisotopic (exact) mass is 294 g/mol. The summed E-state index contributed by atoms with van der Waals surface area (Å²) in [6.45, 7) is 12.5. The SMILES string of the molecule is CC1CCC(CNC2CC2)(CN2CCOCC2(C)C)CC1. The second-order valence-electron chi connectivity index (χ2n) is 8.62. The molecule has 3 aliphatic rings. The lowest BCUT2D eigenvalue weighted by Gasteiger charge is -2.49. The van der Waals surface area contributed by atoms with Gasteiger partial charge >= 0.3 is 0 Å². The van der Waals surface area contributed by atoms with E-state index in [4.69, 9.17) is 4.74 Å². The average Bonchev–Trinajstić information content (AvgIpc) is 3.26. The van der Waals surface area contributed by atoms with Crippen LogP contribution in [0.5, 0.6) is 0 Å². The Balaban J connectivity index is 1.65. The van der Waals surface area contributed by atoms with Crippen molar-refractivity contribution in [3.63, 3.8) is 0 Å². The van der Waals surface area contributed by atoms with Gasteiger partial charge in [0.2, 0.25) is 0 Å². The molecule has 0 aromatic rings. The van der Waals surface area contributed by atoms with Crippen molar-refractivity contribution in [1.82, 2.24) is 10.2 Å². The summed E-state index contributed by atoms with van der Waals surface area (Å²) in [5, 5.41) is 3.84. The fraction of sp³-hybridized carbons (Fsp3) is 1.00. The van der Waals surface area contributed by atoms with Crippen molar-refractivity contribution in [2.45, 2.75) is 70.9 Å². The van der Waals surface area contributed by atoms with Crippen molar-refractivity contribution in [2.24, 2.45) is 11.3 Å². The summed E-state index contributed by atoms with van der Waals surface area (Å²) in [5.74, 6) is 0.928. The molecule has 3 heteroatoms. The highest BCUT2D eigenvalue weighted by molar-refractivity contribution is 4.96. The van der Waals surface area contributed by atoms with Crippen LogP contribution in [0.2, 0.25) is 0 Å². The lowest BCUT2D eigenvalue weighted by atomic mass is 9.70. The van der Waals surface area contributed by atoms with Gasteiger partial charge in [-0.1, -0.05) is 19.8 Å². The molecule has 0 amide bonds. The second-order valence-corrected chi connectivity index (χ2v) is 8.62. The van der Waals surface area contributed by atoms with Crippen LogP contribution in [0.25, 0.3) is 0 Å². The number of rotatable bonds is 5. The maximum Gasteiger partial charge on any atom is 0.0645 e. The molecule has 0 unspecified atom stereocenters. The van der Waals surface area contributed by atoms with Crippen LogP contribution in [0, 0.1) is 11.3 Å². The highest BCUT2D eigenvalue weighted by Crippen LogP contribution is 2.41. The number of morpholine rings is 1. The van der Waals surface area contributed by atoms with Gasteiger partial charge in [0.25, 0.3) is 0 Å². The molecule has 2 aliphatic carbocycles. The highest BCUT2D eigenvalue weighted by atomic mass is 16.5. The largest absolute Gasteiger partial charge is 0.378 e. The maximum atomic E-state index is 5.71. The lowest BCUT2D eigenvalue weighted by molar-refractivity contribution is -0.0741. The maximum absolute atomic E-state index is 5.71. The van der Waals surface area contributed by atoms with E-state index in [-0.39, 0.29) is 5.54 Å². The van der Waals surface area contributed by atoms with Gasteiger partial charge in [0, 0.05) is 31.2 Å². The van der Waals surface area contributed by atoms with E-state index in [1.54, 1.807) is 0 Å². The quantitative estimate of drug-likeness (QED) is 0.843. The summed E-state index contributed by atoms with van der Waals surface area (Å²) in [6, 6.07) is 0.832. The lowest BCUT2D eigenvalue weighted by Crippen LogP contribution is -2.58. The third kappa shape index (κ3) is 4.00. The predicted octanol–water partition coefficient (Wildman–Crippen LogP) is 3.05. The summed E-state index contributed by atoms with van der Waals surface area (Å²) in [6.07, 6.45) is 8.43. The molecule has 0 radical (unpaired) electrons. The Morgan fingerprint density at radius 2 is 1.86 bits per heavy atom. The molecular formula is C18H34N2O. The molecule has 122 valence electrons. The molecule has 2 saturated carbocycles. The summed E-state index contributed by atoms with van der Waals surface area (Å²) >= 11 is 0. The highest BCUT2D eigenvalue weighted by Gasteiger charge is 2.41. The molecule has 3 fully saturated rings. The first kappa shape index (κ1) is 15.8.